The van der Waals surface area contributed by atoms with Gasteiger partial charge in [0, 0.05) is 0 Å². The SMILES string of the molecule is C=C1C(=C)C(S(=O)(=O)c2ccccc2)CCC(C(=O)OC)(C(=O)OC)C/C=C\1S(=O)(=O)c1ccccc1. The van der Waals surface area contributed by atoms with Crippen LogP contribution < -0.4 is 0 Å². The largest absolute Gasteiger partial charge is 0.468 e. The Hall–Kier alpha value is -3.50. The standard InChI is InChI=1S/C27H28O8S2/c1-19-20(2)24(37(32,33)22-13-9-6-10-14-22)16-18-27(25(28)34-3,26(29)35-4)17-15-23(19)36(30,31)21-11-7-5-8-12-21/h5-15,24H,1-2,16-18H2,3-4H3/b23-15+. The molecule has 3 rings (SSSR count). The van der Waals surface area contributed by atoms with E-state index in [1.54, 1.807) is 24.3 Å². The molecule has 0 saturated heterocycles. The molecule has 0 saturated carbocycles. The Morgan fingerprint density at radius 3 is 1.81 bits per heavy atom. The van der Waals surface area contributed by atoms with Crippen LogP contribution in [-0.4, -0.2) is 48.2 Å². The summed E-state index contributed by atoms with van der Waals surface area (Å²) >= 11 is 0. The zero-order valence-corrected chi connectivity index (χ0v) is 22.2. The number of methoxy groups -OCH3 is 2. The minimum absolute atomic E-state index is 0.0219. The van der Waals surface area contributed by atoms with E-state index in [9.17, 15) is 26.4 Å². The van der Waals surface area contributed by atoms with Gasteiger partial charge in [-0.05, 0) is 54.7 Å². The van der Waals surface area contributed by atoms with Gasteiger partial charge in [0.15, 0.2) is 15.3 Å². The molecule has 0 bridgehead atoms. The third kappa shape index (κ3) is 5.17. The molecule has 10 heteroatoms. The quantitative estimate of drug-likeness (QED) is 0.398. The molecule has 0 spiro atoms. The summed E-state index contributed by atoms with van der Waals surface area (Å²) in [5.74, 6) is -1.94. The van der Waals surface area contributed by atoms with Crippen molar-refractivity contribution in [3.63, 3.8) is 0 Å². The monoisotopic (exact) mass is 544 g/mol. The maximum atomic E-state index is 13.7. The molecule has 2 aromatic rings. The minimum Gasteiger partial charge on any atom is -0.468 e. The Morgan fingerprint density at radius 1 is 0.838 bits per heavy atom. The first-order valence-corrected chi connectivity index (χ1v) is 14.3. The van der Waals surface area contributed by atoms with Crippen LogP contribution in [0.15, 0.2) is 106 Å². The molecule has 8 nitrogen and oxygen atoms in total. The second-order valence-corrected chi connectivity index (χ2v) is 12.6. The third-order valence-corrected chi connectivity index (χ3v) is 10.6. The summed E-state index contributed by atoms with van der Waals surface area (Å²) in [6.07, 6.45) is 0.232. The number of carbonyl (C=O) groups is 2. The number of allylic oxidation sites excluding steroid dienone is 2. The van der Waals surface area contributed by atoms with Crippen molar-refractivity contribution in [3.8, 4) is 0 Å². The fourth-order valence-electron chi connectivity index (χ4n) is 4.36. The summed E-state index contributed by atoms with van der Waals surface area (Å²) in [7, 11) is -6.21. The molecule has 0 amide bonds. The highest BCUT2D eigenvalue weighted by molar-refractivity contribution is 7.95. The maximum Gasteiger partial charge on any atom is 0.323 e. The van der Waals surface area contributed by atoms with Crippen molar-refractivity contribution in [2.75, 3.05) is 14.2 Å². The van der Waals surface area contributed by atoms with Crippen molar-refractivity contribution < 1.29 is 35.9 Å². The van der Waals surface area contributed by atoms with Crippen LogP contribution in [-0.2, 0) is 38.7 Å². The number of ether oxygens (including phenoxy) is 2. The Labute approximate surface area is 217 Å². The Kier molecular flexibility index (Phi) is 8.24. The second-order valence-electron chi connectivity index (χ2n) is 8.54. The molecule has 196 valence electrons. The van der Waals surface area contributed by atoms with Crippen LogP contribution in [0.3, 0.4) is 0 Å². The van der Waals surface area contributed by atoms with Crippen LogP contribution in [0.4, 0.5) is 0 Å². The van der Waals surface area contributed by atoms with E-state index in [1.807, 2.05) is 0 Å². The summed E-state index contributed by atoms with van der Waals surface area (Å²) in [6.45, 7) is 7.83. The molecule has 37 heavy (non-hydrogen) atoms. The Balaban J connectivity index is 2.29. The number of hydrogen-bond acceptors (Lipinski definition) is 8. The van der Waals surface area contributed by atoms with Gasteiger partial charge in [-0.3, -0.25) is 9.59 Å². The van der Waals surface area contributed by atoms with Crippen molar-refractivity contribution in [3.05, 3.63) is 95.9 Å². The summed E-state index contributed by atoms with van der Waals surface area (Å²) in [6, 6.07) is 15.1. The molecule has 2 aromatic carbocycles. The first kappa shape index (κ1) is 28.1. The molecule has 1 unspecified atom stereocenters. The molecule has 0 heterocycles. The van der Waals surface area contributed by atoms with Gasteiger partial charge >= 0.3 is 11.9 Å². The van der Waals surface area contributed by atoms with Crippen molar-refractivity contribution in [2.45, 2.75) is 34.3 Å². The minimum atomic E-state index is -4.25. The number of esters is 2. The normalized spacial score (nSPS) is 19.9. The molecule has 1 aliphatic carbocycles. The Morgan fingerprint density at radius 2 is 1.32 bits per heavy atom. The summed E-state index contributed by atoms with van der Waals surface area (Å²) in [5, 5.41) is -1.39. The summed E-state index contributed by atoms with van der Waals surface area (Å²) < 4.78 is 64.6. The van der Waals surface area contributed by atoms with Crippen LogP contribution in [0.2, 0.25) is 0 Å². The first-order chi connectivity index (χ1) is 17.4. The van der Waals surface area contributed by atoms with Gasteiger partial charge in [0.1, 0.15) is 0 Å². The molecular formula is C27H28O8S2. The van der Waals surface area contributed by atoms with Gasteiger partial charge < -0.3 is 9.47 Å². The van der Waals surface area contributed by atoms with Crippen molar-refractivity contribution in [2.24, 2.45) is 5.41 Å². The van der Waals surface area contributed by atoms with Gasteiger partial charge in [0.2, 0.25) is 9.84 Å². The lowest BCUT2D eigenvalue weighted by Gasteiger charge is -2.28. The van der Waals surface area contributed by atoms with Gasteiger partial charge in [-0.1, -0.05) is 55.6 Å². The molecule has 0 aromatic heterocycles. The van der Waals surface area contributed by atoms with E-state index >= 15 is 0 Å². The van der Waals surface area contributed by atoms with Crippen molar-refractivity contribution >= 4 is 31.6 Å². The van der Waals surface area contributed by atoms with Crippen LogP contribution in [0, 0.1) is 5.41 Å². The fourth-order valence-corrected chi connectivity index (χ4v) is 7.69. The van der Waals surface area contributed by atoms with E-state index in [1.165, 1.54) is 42.5 Å². The van der Waals surface area contributed by atoms with E-state index in [2.05, 4.69) is 13.2 Å². The highest BCUT2D eigenvalue weighted by atomic mass is 32.2. The van der Waals surface area contributed by atoms with Crippen molar-refractivity contribution in [1.82, 2.24) is 0 Å². The van der Waals surface area contributed by atoms with Gasteiger partial charge in [0.05, 0.1) is 34.2 Å². The lowest BCUT2D eigenvalue weighted by Crippen LogP contribution is -2.42. The topological polar surface area (TPSA) is 121 Å². The Bertz CT molecular complexity index is 1440. The number of carbonyl (C=O) groups excluding carboxylic acids is 2. The van der Waals surface area contributed by atoms with Crippen LogP contribution in [0.25, 0.3) is 0 Å². The van der Waals surface area contributed by atoms with Crippen molar-refractivity contribution in [1.29, 1.82) is 0 Å². The number of hydrogen-bond donors (Lipinski definition) is 0. The van der Waals surface area contributed by atoms with E-state index in [0.29, 0.717) is 0 Å². The van der Waals surface area contributed by atoms with E-state index in [0.717, 1.165) is 14.2 Å². The predicted molar refractivity (Wildman–Crippen MR) is 138 cm³/mol. The van der Waals surface area contributed by atoms with Gasteiger partial charge in [-0.2, -0.15) is 0 Å². The lowest BCUT2D eigenvalue weighted by atomic mass is 9.79. The van der Waals surface area contributed by atoms with Gasteiger partial charge in [-0.15, -0.1) is 0 Å². The molecule has 0 aliphatic heterocycles. The second kappa shape index (κ2) is 10.9. The number of rotatable bonds is 6. The van der Waals surface area contributed by atoms with Gasteiger partial charge in [0.25, 0.3) is 0 Å². The van der Waals surface area contributed by atoms with E-state index < -0.39 is 48.7 Å². The van der Waals surface area contributed by atoms with Gasteiger partial charge in [-0.25, -0.2) is 16.8 Å². The highest BCUT2D eigenvalue weighted by Crippen LogP contribution is 2.42. The van der Waals surface area contributed by atoms with E-state index in [4.69, 9.17) is 9.47 Å². The third-order valence-electron chi connectivity index (χ3n) is 6.48. The smallest absolute Gasteiger partial charge is 0.323 e. The summed E-state index contributed by atoms with van der Waals surface area (Å²) in [4.78, 5) is 25.5. The van der Waals surface area contributed by atoms with E-state index in [-0.39, 0.29) is 38.7 Å². The average molecular weight is 545 g/mol. The lowest BCUT2D eigenvalue weighted by molar-refractivity contribution is -0.169. The predicted octanol–water partition coefficient (Wildman–Crippen LogP) is 3.82. The molecule has 1 aliphatic rings. The molecular weight excluding hydrogens is 516 g/mol. The number of sulfone groups is 2. The average Bonchev–Trinajstić information content (AvgIpc) is 2.96. The molecule has 0 fully saturated rings. The van der Waals surface area contributed by atoms with Crippen LogP contribution in [0.1, 0.15) is 19.3 Å². The first-order valence-electron chi connectivity index (χ1n) is 11.3. The molecule has 0 N–H and O–H groups in total. The zero-order valence-electron chi connectivity index (χ0n) is 20.5. The zero-order chi connectivity index (χ0) is 27.4. The fraction of sp³-hybridized carbons (Fsp3) is 0.259. The highest BCUT2D eigenvalue weighted by Gasteiger charge is 2.50. The van der Waals surface area contributed by atoms with Crippen LogP contribution >= 0.6 is 0 Å². The van der Waals surface area contributed by atoms with Crippen LogP contribution in [0.5, 0.6) is 0 Å². The number of benzene rings is 2. The summed E-state index contributed by atoms with van der Waals surface area (Å²) in [5.41, 5.74) is -2.17. The maximum absolute atomic E-state index is 13.7. The molecule has 0 radical (unpaired) electrons. The molecule has 1 atom stereocenters.